The van der Waals surface area contributed by atoms with Crippen molar-refractivity contribution in [2.24, 2.45) is 0 Å². The van der Waals surface area contributed by atoms with Gasteiger partial charge in [-0.15, -0.1) is 0 Å². The number of nitrogens with zero attached hydrogens (tertiary/aromatic N) is 3. The lowest BCUT2D eigenvalue weighted by molar-refractivity contribution is -0.130. The maximum Gasteiger partial charge on any atom is 0.343 e. The standard InChI is InChI=1S/C25H23N3O2/c1-18-5-10-23(19(2)15-18)24-17-21(25(29)30-24)16-20-6-8-22(9-7-20)28(13-3-11-26)14-4-12-27/h5-10,15-17H,3-4,13-14H2,1-2H3/b21-16-. The van der Waals surface area contributed by atoms with Gasteiger partial charge in [0.1, 0.15) is 5.76 Å². The lowest BCUT2D eigenvalue weighted by Crippen LogP contribution is -2.25. The van der Waals surface area contributed by atoms with E-state index in [1.54, 1.807) is 12.2 Å². The van der Waals surface area contributed by atoms with Crippen LogP contribution in [0.25, 0.3) is 11.8 Å². The number of ether oxygens (including phenoxy) is 1. The van der Waals surface area contributed by atoms with Crippen molar-refractivity contribution >= 4 is 23.5 Å². The van der Waals surface area contributed by atoms with Crippen molar-refractivity contribution < 1.29 is 9.53 Å². The van der Waals surface area contributed by atoms with Crippen molar-refractivity contribution in [2.45, 2.75) is 26.7 Å². The summed E-state index contributed by atoms with van der Waals surface area (Å²) in [6, 6.07) is 18.0. The minimum Gasteiger partial charge on any atom is -0.422 e. The van der Waals surface area contributed by atoms with Crippen molar-refractivity contribution in [3.8, 4) is 12.1 Å². The van der Waals surface area contributed by atoms with Crippen molar-refractivity contribution in [1.29, 1.82) is 10.5 Å². The average molecular weight is 397 g/mol. The molecule has 1 aliphatic heterocycles. The third-order valence-electron chi connectivity index (χ3n) is 4.94. The maximum atomic E-state index is 12.3. The van der Waals surface area contributed by atoms with Gasteiger partial charge in [0.05, 0.1) is 30.6 Å². The molecule has 0 fully saturated rings. The van der Waals surface area contributed by atoms with Crippen LogP contribution < -0.4 is 4.90 Å². The first-order valence-electron chi connectivity index (χ1n) is 9.84. The van der Waals surface area contributed by atoms with Crippen molar-refractivity contribution in [1.82, 2.24) is 0 Å². The van der Waals surface area contributed by atoms with E-state index < -0.39 is 0 Å². The van der Waals surface area contributed by atoms with Crippen LogP contribution in [0.4, 0.5) is 5.69 Å². The van der Waals surface area contributed by atoms with Crippen LogP contribution in [0.3, 0.4) is 0 Å². The van der Waals surface area contributed by atoms with E-state index in [0.717, 1.165) is 27.9 Å². The summed E-state index contributed by atoms with van der Waals surface area (Å²) < 4.78 is 5.49. The van der Waals surface area contributed by atoms with Gasteiger partial charge in [-0.05, 0) is 49.3 Å². The zero-order valence-electron chi connectivity index (χ0n) is 17.2. The zero-order valence-corrected chi connectivity index (χ0v) is 17.2. The molecule has 0 saturated carbocycles. The molecule has 2 aromatic rings. The predicted octanol–water partition coefficient (Wildman–Crippen LogP) is 4.92. The number of cyclic esters (lactones) is 1. The first kappa shape index (κ1) is 20.9. The molecular weight excluding hydrogens is 374 g/mol. The Bertz CT molecular complexity index is 1060. The zero-order chi connectivity index (χ0) is 21.5. The van der Waals surface area contributed by atoms with E-state index in [1.165, 1.54) is 0 Å². The molecule has 1 aliphatic rings. The molecule has 30 heavy (non-hydrogen) atoms. The SMILES string of the molecule is Cc1ccc(C2=C/C(=C/c3ccc(N(CCC#N)CCC#N)cc3)C(=O)O2)c(C)c1. The van der Waals surface area contributed by atoms with E-state index in [-0.39, 0.29) is 5.97 Å². The summed E-state index contributed by atoms with van der Waals surface area (Å²) in [6.45, 7) is 5.18. The van der Waals surface area contributed by atoms with Gasteiger partial charge < -0.3 is 9.64 Å². The quantitative estimate of drug-likeness (QED) is 0.490. The second kappa shape index (κ2) is 9.58. The number of hydrogen-bond donors (Lipinski definition) is 0. The molecule has 0 radical (unpaired) electrons. The van der Waals surface area contributed by atoms with Crippen molar-refractivity contribution in [3.05, 3.63) is 76.4 Å². The first-order valence-corrected chi connectivity index (χ1v) is 9.84. The second-order valence-electron chi connectivity index (χ2n) is 7.21. The molecule has 1 heterocycles. The molecule has 3 rings (SSSR count). The van der Waals surface area contributed by atoms with Crippen LogP contribution in [0.2, 0.25) is 0 Å². The van der Waals surface area contributed by atoms with Gasteiger partial charge >= 0.3 is 5.97 Å². The fourth-order valence-corrected chi connectivity index (χ4v) is 3.41. The van der Waals surface area contributed by atoms with Crippen LogP contribution >= 0.6 is 0 Å². The van der Waals surface area contributed by atoms with E-state index >= 15 is 0 Å². The van der Waals surface area contributed by atoms with Gasteiger partial charge in [0, 0.05) is 24.3 Å². The molecule has 0 amide bonds. The van der Waals surface area contributed by atoms with Gasteiger partial charge in [0.25, 0.3) is 0 Å². The predicted molar refractivity (Wildman–Crippen MR) is 117 cm³/mol. The van der Waals surface area contributed by atoms with Gasteiger partial charge in [-0.1, -0.05) is 35.9 Å². The van der Waals surface area contributed by atoms with Crippen molar-refractivity contribution in [3.63, 3.8) is 0 Å². The Hall–Kier alpha value is -3.83. The Labute approximate surface area is 177 Å². The summed E-state index contributed by atoms with van der Waals surface area (Å²) in [4.78, 5) is 14.4. The molecule has 0 unspecified atom stereocenters. The number of esters is 1. The number of nitriles is 2. The molecule has 0 spiro atoms. The van der Waals surface area contributed by atoms with E-state index in [1.807, 2.05) is 55.1 Å². The van der Waals surface area contributed by atoms with Crippen LogP contribution in [0, 0.1) is 36.5 Å². The normalized spacial score (nSPS) is 14.1. The number of hydrogen-bond acceptors (Lipinski definition) is 5. The molecule has 2 aromatic carbocycles. The van der Waals surface area contributed by atoms with Crippen LogP contribution in [0.15, 0.2) is 54.1 Å². The van der Waals surface area contributed by atoms with Gasteiger partial charge in [-0.3, -0.25) is 0 Å². The molecule has 0 N–H and O–H groups in total. The topological polar surface area (TPSA) is 77.1 Å². The van der Waals surface area contributed by atoms with E-state index in [0.29, 0.717) is 37.3 Å². The Morgan fingerprint density at radius 3 is 2.27 bits per heavy atom. The molecule has 5 heteroatoms. The summed E-state index contributed by atoms with van der Waals surface area (Å²) in [5.74, 6) is 0.207. The van der Waals surface area contributed by atoms with Gasteiger partial charge in [0.15, 0.2) is 0 Å². The van der Waals surface area contributed by atoms with Gasteiger partial charge in [-0.2, -0.15) is 10.5 Å². The highest BCUT2D eigenvalue weighted by Crippen LogP contribution is 2.30. The summed E-state index contributed by atoms with van der Waals surface area (Å²) in [6.07, 6.45) is 4.38. The Kier molecular flexibility index (Phi) is 6.67. The Balaban J connectivity index is 1.81. The fourth-order valence-electron chi connectivity index (χ4n) is 3.41. The molecule has 0 aromatic heterocycles. The minimum atomic E-state index is -0.362. The third kappa shape index (κ3) is 4.96. The lowest BCUT2D eigenvalue weighted by atomic mass is 10.0. The first-order chi connectivity index (χ1) is 14.5. The van der Waals surface area contributed by atoms with Crippen LogP contribution in [-0.2, 0) is 9.53 Å². The minimum absolute atomic E-state index is 0.362. The monoisotopic (exact) mass is 397 g/mol. The van der Waals surface area contributed by atoms with E-state index in [9.17, 15) is 4.79 Å². The highest BCUT2D eigenvalue weighted by molar-refractivity contribution is 6.05. The fraction of sp³-hybridized carbons (Fsp3) is 0.240. The van der Waals surface area contributed by atoms with Crippen molar-refractivity contribution in [2.75, 3.05) is 18.0 Å². The Morgan fingerprint density at radius 2 is 1.67 bits per heavy atom. The van der Waals surface area contributed by atoms with Crippen LogP contribution in [-0.4, -0.2) is 19.1 Å². The summed E-state index contributed by atoms with van der Waals surface area (Å²) >= 11 is 0. The van der Waals surface area contributed by atoms with Crippen LogP contribution in [0.1, 0.15) is 35.1 Å². The second-order valence-corrected chi connectivity index (χ2v) is 7.21. The number of rotatable bonds is 7. The smallest absolute Gasteiger partial charge is 0.343 e. The Morgan fingerprint density at radius 1 is 1.00 bits per heavy atom. The highest BCUT2D eigenvalue weighted by atomic mass is 16.5. The average Bonchev–Trinajstić information content (AvgIpc) is 3.09. The number of carbonyl (C=O) groups is 1. The molecular formula is C25H23N3O2. The molecule has 0 atom stereocenters. The number of aryl methyl sites for hydroxylation is 2. The number of benzene rings is 2. The maximum absolute atomic E-state index is 12.3. The highest BCUT2D eigenvalue weighted by Gasteiger charge is 2.23. The largest absolute Gasteiger partial charge is 0.422 e. The molecule has 150 valence electrons. The van der Waals surface area contributed by atoms with Gasteiger partial charge in [0.2, 0.25) is 0 Å². The summed E-state index contributed by atoms with van der Waals surface area (Å²) in [5, 5.41) is 17.7. The van der Waals surface area contributed by atoms with Crippen LogP contribution in [0.5, 0.6) is 0 Å². The number of anilines is 1. The molecule has 0 bridgehead atoms. The van der Waals surface area contributed by atoms with Gasteiger partial charge in [-0.25, -0.2) is 4.79 Å². The number of carbonyl (C=O) groups excluding carboxylic acids is 1. The van der Waals surface area contributed by atoms with E-state index in [2.05, 4.69) is 18.2 Å². The lowest BCUT2D eigenvalue weighted by Gasteiger charge is -2.22. The molecule has 5 nitrogen and oxygen atoms in total. The molecule has 0 aliphatic carbocycles. The van der Waals surface area contributed by atoms with E-state index in [4.69, 9.17) is 15.3 Å². The third-order valence-corrected chi connectivity index (χ3v) is 4.94. The molecule has 0 saturated heterocycles. The summed E-state index contributed by atoms with van der Waals surface area (Å²) in [5.41, 5.74) is 5.47. The summed E-state index contributed by atoms with van der Waals surface area (Å²) in [7, 11) is 0.